The van der Waals surface area contributed by atoms with Crippen molar-refractivity contribution < 1.29 is 18.0 Å². The first kappa shape index (κ1) is 27.7. The van der Waals surface area contributed by atoms with Gasteiger partial charge in [0.1, 0.15) is 12.6 Å². The third-order valence-electron chi connectivity index (χ3n) is 4.72. The van der Waals surface area contributed by atoms with Gasteiger partial charge in [-0.15, -0.1) is 0 Å². The average molecular weight is 600 g/mol. The van der Waals surface area contributed by atoms with Gasteiger partial charge in [-0.1, -0.05) is 62.9 Å². The van der Waals surface area contributed by atoms with E-state index >= 15 is 0 Å². The van der Waals surface area contributed by atoms with Gasteiger partial charge in [-0.3, -0.25) is 13.9 Å². The highest BCUT2D eigenvalue weighted by Gasteiger charge is 2.31. The molecule has 0 spiro atoms. The number of carbonyl (C=O) groups is 2. The molecule has 0 saturated carbocycles. The molecular formula is C21H23BrCl3N3O4S. The first-order chi connectivity index (χ1) is 15.3. The van der Waals surface area contributed by atoms with Crippen LogP contribution in [-0.4, -0.2) is 50.5 Å². The number of nitrogens with zero attached hydrogens (tertiary/aromatic N) is 2. The molecule has 0 aromatic heterocycles. The molecule has 2 rings (SSSR count). The van der Waals surface area contributed by atoms with Gasteiger partial charge in [0.15, 0.2) is 0 Å². The summed E-state index contributed by atoms with van der Waals surface area (Å²) in [4.78, 5) is 27.2. The molecule has 0 aliphatic rings. The summed E-state index contributed by atoms with van der Waals surface area (Å²) in [6, 6.07) is 8.97. The predicted octanol–water partition coefficient (Wildman–Crippen LogP) is 4.73. The minimum atomic E-state index is -3.94. The summed E-state index contributed by atoms with van der Waals surface area (Å²) >= 11 is 21.6. The molecule has 33 heavy (non-hydrogen) atoms. The molecule has 0 radical (unpaired) electrons. The van der Waals surface area contributed by atoms with Crippen LogP contribution in [0.4, 0.5) is 5.69 Å². The zero-order chi connectivity index (χ0) is 24.9. The Morgan fingerprint density at radius 1 is 1.06 bits per heavy atom. The number of benzene rings is 2. The van der Waals surface area contributed by atoms with Gasteiger partial charge in [0.2, 0.25) is 21.8 Å². The van der Waals surface area contributed by atoms with Crippen LogP contribution in [0.3, 0.4) is 0 Å². The maximum Gasteiger partial charge on any atom is 0.244 e. The standard InChI is InChI=1S/C21H23BrCl3N3O4S/c1-4-26-21(30)13(2)27(11-14-5-7-15(22)8-6-14)20(29)12-28(33(3,31)32)19-10-17(24)16(23)9-18(19)25/h5-10,13H,4,11-12H2,1-3H3,(H,26,30). The fourth-order valence-electron chi connectivity index (χ4n) is 2.99. The Hall–Kier alpha value is -1.52. The summed E-state index contributed by atoms with van der Waals surface area (Å²) in [7, 11) is -3.94. The van der Waals surface area contributed by atoms with Crippen molar-refractivity contribution in [2.24, 2.45) is 0 Å². The highest BCUT2D eigenvalue weighted by Crippen LogP contribution is 2.35. The van der Waals surface area contributed by atoms with Gasteiger partial charge in [0.05, 0.1) is 27.0 Å². The Bertz CT molecular complexity index is 1130. The molecule has 2 aromatic rings. The van der Waals surface area contributed by atoms with Crippen LogP contribution in [0, 0.1) is 0 Å². The summed E-state index contributed by atoms with van der Waals surface area (Å²) in [5.74, 6) is -0.953. The first-order valence-corrected chi connectivity index (χ1v) is 13.6. The van der Waals surface area contributed by atoms with Gasteiger partial charge >= 0.3 is 0 Å². The van der Waals surface area contributed by atoms with Gasteiger partial charge in [-0.05, 0) is 43.7 Å². The van der Waals surface area contributed by atoms with Gasteiger partial charge in [0.25, 0.3) is 0 Å². The normalized spacial score (nSPS) is 12.2. The van der Waals surface area contributed by atoms with E-state index in [9.17, 15) is 18.0 Å². The highest BCUT2D eigenvalue weighted by atomic mass is 79.9. The lowest BCUT2D eigenvalue weighted by molar-refractivity contribution is -0.139. The Balaban J connectivity index is 2.44. The lowest BCUT2D eigenvalue weighted by Gasteiger charge is -2.31. The molecule has 0 heterocycles. The molecule has 12 heteroatoms. The monoisotopic (exact) mass is 597 g/mol. The number of likely N-dealkylation sites (N-methyl/N-ethyl adjacent to an activating group) is 1. The van der Waals surface area contributed by atoms with E-state index in [2.05, 4.69) is 21.2 Å². The van der Waals surface area contributed by atoms with Crippen molar-refractivity contribution in [1.82, 2.24) is 10.2 Å². The Morgan fingerprint density at radius 3 is 2.18 bits per heavy atom. The van der Waals surface area contributed by atoms with Crippen molar-refractivity contribution >= 4 is 78.3 Å². The van der Waals surface area contributed by atoms with E-state index in [-0.39, 0.29) is 33.2 Å². The van der Waals surface area contributed by atoms with Crippen LogP contribution in [-0.2, 0) is 26.2 Å². The number of anilines is 1. The van der Waals surface area contributed by atoms with Crippen LogP contribution < -0.4 is 9.62 Å². The van der Waals surface area contributed by atoms with E-state index in [0.717, 1.165) is 20.6 Å². The summed E-state index contributed by atoms with van der Waals surface area (Å²) < 4.78 is 26.9. The van der Waals surface area contributed by atoms with Crippen LogP contribution in [0.2, 0.25) is 15.1 Å². The fraction of sp³-hybridized carbons (Fsp3) is 0.333. The number of carbonyl (C=O) groups excluding carboxylic acids is 2. The smallest absolute Gasteiger partial charge is 0.244 e. The molecule has 1 unspecified atom stereocenters. The number of halogens is 4. The van der Waals surface area contributed by atoms with Crippen molar-refractivity contribution in [2.45, 2.75) is 26.4 Å². The number of amides is 2. The Labute approximate surface area is 217 Å². The van der Waals surface area contributed by atoms with Crippen LogP contribution in [0.15, 0.2) is 40.9 Å². The van der Waals surface area contributed by atoms with E-state index in [1.165, 1.54) is 17.0 Å². The van der Waals surface area contributed by atoms with Crippen LogP contribution in [0.1, 0.15) is 19.4 Å². The minimum Gasteiger partial charge on any atom is -0.355 e. The van der Waals surface area contributed by atoms with Crippen molar-refractivity contribution in [2.75, 3.05) is 23.7 Å². The Morgan fingerprint density at radius 2 is 1.64 bits per heavy atom. The van der Waals surface area contributed by atoms with E-state index in [4.69, 9.17) is 34.8 Å². The summed E-state index contributed by atoms with van der Waals surface area (Å²) in [5.41, 5.74) is 0.775. The lowest BCUT2D eigenvalue weighted by Crippen LogP contribution is -2.51. The maximum atomic E-state index is 13.4. The van der Waals surface area contributed by atoms with E-state index in [1.54, 1.807) is 26.0 Å². The molecule has 0 bridgehead atoms. The largest absolute Gasteiger partial charge is 0.355 e. The minimum absolute atomic E-state index is 0.0103. The topological polar surface area (TPSA) is 86.8 Å². The molecule has 1 atom stereocenters. The second-order valence-electron chi connectivity index (χ2n) is 7.21. The molecular weight excluding hydrogens is 577 g/mol. The highest BCUT2D eigenvalue weighted by molar-refractivity contribution is 9.10. The van der Waals surface area contributed by atoms with E-state index in [0.29, 0.717) is 6.54 Å². The molecule has 0 aliphatic heterocycles. The van der Waals surface area contributed by atoms with Gasteiger partial charge in [-0.2, -0.15) is 0 Å². The summed E-state index contributed by atoms with van der Waals surface area (Å²) in [5, 5.41) is 2.93. The second kappa shape index (κ2) is 11.8. The molecule has 2 amide bonds. The van der Waals surface area contributed by atoms with Crippen molar-refractivity contribution in [3.8, 4) is 0 Å². The third kappa shape index (κ3) is 7.48. The third-order valence-corrected chi connectivity index (χ3v) is 7.40. The van der Waals surface area contributed by atoms with Gasteiger partial charge < -0.3 is 10.2 Å². The van der Waals surface area contributed by atoms with E-state index < -0.39 is 28.5 Å². The van der Waals surface area contributed by atoms with E-state index in [1.807, 2.05) is 12.1 Å². The summed E-state index contributed by atoms with van der Waals surface area (Å²) in [6.07, 6.45) is 0.950. The number of hydrogen-bond acceptors (Lipinski definition) is 4. The van der Waals surface area contributed by atoms with Crippen LogP contribution >= 0.6 is 50.7 Å². The Kier molecular flexibility index (Phi) is 9.87. The lowest BCUT2D eigenvalue weighted by atomic mass is 10.1. The SMILES string of the molecule is CCNC(=O)C(C)N(Cc1ccc(Br)cc1)C(=O)CN(c1cc(Cl)c(Cl)cc1Cl)S(C)(=O)=O. The number of nitrogens with one attached hydrogen (secondary N) is 1. The van der Waals surface area contributed by atoms with Gasteiger partial charge in [-0.25, -0.2) is 8.42 Å². The average Bonchev–Trinajstić information content (AvgIpc) is 2.73. The molecule has 0 aliphatic carbocycles. The molecule has 180 valence electrons. The second-order valence-corrected chi connectivity index (χ2v) is 11.3. The van der Waals surface area contributed by atoms with Crippen LogP contribution in [0.5, 0.6) is 0 Å². The number of hydrogen-bond donors (Lipinski definition) is 1. The molecule has 0 saturated heterocycles. The molecule has 7 nitrogen and oxygen atoms in total. The van der Waals surface area contributed by atoms with Crippen molar-refractivity contribution in [3.05, 3.63) is 61.5 Å². The van der Waals surface area contributed by atoms with Crippen molar-refractivity contribution in [1.29, 1.82) is 0 Å². The van der Waals surface area contributed by atoms with Crippen LogP contribution in [0.25, 0.3) is 0 Å². The fourth-order valence-corrected chi connectivity index (χ4v) is 4.80. The van der Waals surface area contributed by atoms with Crippen molar-refractivity contribution in [3.63, 3.8) is 0 Å². The molecule has 1 N–H and O–H groups in total. The first-order valence-electron chi connectivity index (χ1n) is 9.79. The molecule has 0 fully saturated rings. The number of sulfonamides is 1. The zero-order valence-electron chi connectivity index (χ0n) is 18.1. The van der Waals surface area contributed by atoms with Gasteiger partial charge in [0, 0.05) is 17.6 Å². The number of rotatable bonds is 9. The summed E-state index contributed by atoms with van der Waals surface area (Å²) in [6.45, 7) is 3.24. The molecule has 2 aromatic carbocycles. The predicted molar refractivity (Wildman–Crippen MR) is 136 cm³/mol. The quantitative estimate of drug-likeness (QED) is 0.423. The zero-order valence-corrected chi connectivity index (χ0v) is 22.8. The maximum absolute atomic E-state index is 13.4.